The van der Waals surface area contributed by atoms with Crippen LogP contribution in [0.5, 0.6) is 0 Å². The summed E-state index contributed by atoms with van der Waals surface area (Å²) in [6, 6.07) is 66.9. The summed E-state index contributed by atoms with van der Waals surface area (Å²) in [7, 11) is 0. The third kappa shape index (κ3) is 3.95. The van der Waals surface area contributed by atoms with E-state index in [0.29, 0.717) is 0 Å². The Morgan fingerprint density at radius 3 is 1.94 bits per heavy atom. The van der Waals surface area contributed by atoms with Gasteiger partial charge in [0.05, 0.1) is 16.7 Å². The monoisotopic (exact) mass is 691 g/mol. The third-order valence-electron chi connectivity index (χ3n) is 11.3. The molecule has 0 spiro atoms. The maximum atomic E-state index is 2.62. The molecule has 12 rings (SSSR count). The average molecular weight is 692 g/mol. The number of hydrogen-bond acceptors (Lipinski definition) is 3. The normalized spacial score (nSPS) is 12.8. The second-order valence-corrected chi connectivity index (χ2v) is 15.1. The first-order chi connectivity index (χ1) is 26.3. The highest BCUT2D eigenvalue weighted by Crippen LogP contribution is 2.53. The molecule has 0 saturated heterocycles. The van der Waals surface area contributed by atoms with Crippen molar-refractivity contribution in [2.75, 3.05) is 9.71 Å². The lowest BCUT2D eigenvalue weighted by Gasteiger charge is -2.42. The van der Waals surface area contributed by atoms with Crippen molar-refractivity contribution < 1.29 is 0 Å². The van der Waals surface area contributed by atoms with Crippen LogP contribution in [-0.4, -0.2) is 11.4 Å². The van der Waals surface area contributed by atoms with Gasteiger partial charge in [0.2, 0.25) is 0 Å². The first kappa shape index (κ1) is 29.1. The van der Waals surface area contributed by atoms with E-state index in [9.17, 15) is 0 Å². The van der Waals surface area contributed by atoms with Crippen molar-refractivity contribution in [3.05, 3.63) is 182 Å². The van der Waals surface area contributed by atoms with Gasteiger partial charge in [0, 0.05) is 64.9 Å². The summed E-state index contributed by atoms with van der Waals surface area (Å²) in [5.74, 6) is 0. The van der Waals surface area contributed by atoms with E-state index in [2.05, 4.69) is 196 Å². The number of rotatable bonds is 4. The molecular formula is C48H30BN3S. The van der Waals surface area contributed by atoms with Gasteiger partial charge in [0.25, 0.3) is 0 Å². The molecule has 0 bridgehead atoms. The van der Waals surface area contributed by atoms with Crippen molar-refractivity contribution in [2.45, 2.75) is 0 Å². The topological polar surface area (TPSA) is 11.4 Å². The quantitative estimate of drug-likeness (QED) is 0.170. The summed E-state index contributed by atoms with van der Waals surface area (Å²) >= 11 is 1.92. The summed E-state index contributed by atoms with van der Waals surface area (Å²) in [5, 5.41) is 5.15. The zero-order valence-electron chi connectivity index (χ0n) is 28.6. The van der Waals surface area contributed by atoms with Crippen molar-refractivity contribution in [3.8, 4) is 16.8 Å². The van der Waals surface area contributed by atoms with Crippen molar-refractivity contribution in [3.63, 3.8) is 0 Å². The number of benzene rings is 8. The lowest BCUT2D eigenvalue weighted by molar-refractivity contribution is 1.18. The summed E-state index contributed by atoms with van der Waals surface area (Å²) in [5.41, 5.74) is 14.9. The molecule has 2 aliphatic heterocycles. The Bertz CT molecular complexity index is 3040. The molecule has 2 aliphatic rings. The Hall–Kier alpha value is -6.56. The fraction of sp³-hybridized carbons (Fsp3) is 0. The molecule has 0 atom stereocenters. The average Bonchev–Trinajstić information content (AvgIpc) is 3.78. The maximum absolute atomic E-state index is 2.62. The van der Waals surface area contributed by atoms with E-state index < -0.39 is 0 Å². The largest absolute Gasteiger partial charge is 0.376 e. The summed E-state index contributed by atoms with van der Waals surface area (Å²) in [4.78, 5) is 5.09. The van der Waals surface area contributed by atoms with Gasteiger partial charge in [-0.15, -0.1) is 11.3 Å². The van der Waals surface area contributed by atoms with Gasteiger partial charge in [-0.25, -0.2) is 0 Å². The number of anilines is 5. The van der Waals surface area contributed by atoms with Gasteiger partial charge in [-0.2, -0.15) is 0 Å². The minimum atomic E-state index is -0.0295. The molecule has 0 amide bonds. The molecule has 0 radical (unpaired) electrons. The van der Waals surface area contributed by atoms with Crippen LogP contribution in [0.2, 0.25) is 0 Å². The highest BCUT2D eigenvalue weighted by Gasteiger charge is 2.45. The fourth-order valence-electron chi connectivity index (χ4n) is 9.26. The van der Waals surface area contributed by atoms with Crippen LogP contribution in [0, 0.1) is 0 Å². The van der Waals surface area contributed by atoms with E-state index in [-0.39, 0.29) is 6.85 Å². The molecule has 2 aromatic heterocycles. The van der Waals surface area contributed by atoms with E-state index in [1.54, 1.807) is 0 Å². The zero-order chi connectivity index (χ0) is 34.6. The van der Waals surface area contributed by atoms with E-state index in [1.807, 2.05) is 11.3 Å². The Kier molecular flexibility index (Phi) is 6.02. The lowest BCUT2D eigenvalue weighted by Crippen LogP contribution is -2.60. The van der Waals surface area contributed by atoms with Crippen molar-refractivity contribution in [1.29, 1.82) is 0 Å². The van der Waals surface area contributed by atoms with Gasteiger partial charge in [-0.05, 0) is 83.2 Å². The summed E-state index contributed by atoms with van der Waals surface area (Å²) < 4.78 is 5.21. The van der Waals surface area contributed by atoms with Crippen LogP contribution in [0.15, 0.2) is 182 Å². The number of thiophene rings is 1. The Labute approximate surface area is 311 Å². The number of hydrogen-bond donors (Lipinski definition) is 0. The molecule has 0 fully saturated rings. The predicted octanol–water partition coefficient (Wildman–Crippen LogP) is 11.9. The second-order valence-electron chi connectivity index (χ2n) is 14.0. The number of fused-ring (bicyclic) bond motifs is 12. The molecule has 8 aromatic carbocycles. The smallest absolute Gasteiger partial charge is 0.333 e. The van der Waals surface area contributed by atoms with Crippen molar-refractivity contribution >= 4 is 99.5 Å². The number of aromatic nitrogens is 1. The van der Waals surface area contributed by atoms with E-state index in [0.717, 1.165) is 11.4 Å². The van der Waals surface area contributed by atoms with E-state index in [4.69, 9.17) is 0 Å². The molecule has 3 nitrogen and oxygen atoms in total. The van der Waals surface area contributed by atoms with Crippen LogP contribution in [-0.2, 0) is 0 Å². The highest BCUT2D eigenvalue weighted by atomic mass is 32.1. The number of para-hydroxylation sites is 5. The molecule has 5 heteroatoms. The SMILES string of the molecule is c1ccc(N2B3c4ccccc4-n4c5ccccc5c5c(N(c6ccccc6)c6ccccc6)cc(c3c54)-c3c2ccc2c3sc3ccccc32)cc1. The summed E-state index contributed by atoms with van der Waals surface area (Å²) in [6.07, 6.45) is 0. The molecule has 0 saturated carbocycles. The number of nitrogens with zero attached hydrogens (tertiary/aromatic N) is 3. The van der Waals surface area contributed by atoms with Gasteiger partial charge in [-0.3, -0.25) is 0 Å². The van der Waals surface area contributed by atoms with E-state index >= 15 is 0 Å². The van der Waals surface area contributed by atoms with Gasteiger partial charge in [-0.1, -0.05) is 115 Å². The molecule has 0 aliphatic carbocycles. The Balaban J connectivity index is 1.33. The molecule has 53 heavy (non-hydrogen) atoms. The fourth-order valence-corrected chi connectivity index (χ4v) is 10.5. The minimum absolute atomic E-state index is 0.0295. The minimum Gasteiger partial charge on any atom is -0.376 e. The van der Waals surface area contributed by atoms with Crippen LogP contribution in [0.3, 0.4) is 0 Å². The molecule has 246 valence electrons. The first-order valence-corrected chi connectivity index (χ1v) is 19.1. The third-order valence-corrected chi connectivity index (χ3v) is 12.5. The standard InChI is InChI=1S/C48H30BN3S/c1-4-16-31(17-5-1)50(32-18-6-2-7-19-32)42-30-37-45-41(29-28-35-34-22-11-15-27-43(34)53-48(35)45)52(33-20-8-3-9-21-33)49-38-24-12-14-26-40(38)51-39-25-13-10-23-36(39)44(42)47(51)46(37)49/h1-30H. The lowest BCUT2D eigenvalue weighted by atomic mass is 9.44. The van der Waals surface area contributed by atoms with Gasteiger partial charge < -0.3 is 14.3 Å². The Morgan fingerprint density at radius 2 is 1.17 bits per heavy atom. The molecule has 0 unspecified atom stereocenters. The second kappa shape index (κ2) is 11.0. The molecule has 10 aromatic rings. The molecular weight excluding hydrogens is 661 g/mol. The van der Waals surface area contributed by atoms with Crippen LogP contribution in [0.1, 0.15) is 0 Å². The van der Waals surface area contributed by atoms with Gasteiger partial charge >= 0.3 is 6.85 Å². The van der Waals surface area contributed by atoms with Gasteiger partial charge in [0.1, 0.15) is 0 Å². The van der Waals surface area contributed by atoms with E-state index in [1.165, 1.54) is 86.8 Å². The van der Waals surface area contributed by atoms with Crippen LogP contribution in [0.4, 0.5) is 28.4 Å². The van der Waals surface area contributed by atoms with Crippen LogP contribution >= 0.6 is 11.3 Å². The van der Waals surface area contributed by atoms with Crippen molar-refractivity contribution in [1.82, 2.24) is 4.57 Å². The highest BCUT2D eigenvalue weighted by molar-refractivity contribution is 7.26. The van der Waals surface area contributed by atoms with Crippen molar-refractivity contribution in [2.24, 2.45) is 0 Å². The zero-order valence-corrected chi connectivity index (χ0v) is 29.5. The van der Waals surface area contributed by atoms with Gasteiger partial charge in [0.15, 0.2) is 0 Å². The Morgan fingerprint density at radius 1 is 0.528 bits per heavy atom. The van der Waals surface area contributed by atoms with Crippen LogP contribution in [0.25, 0.3) is 58.8 Å². The maximum Gasteiger partial charge on any atom is 0.333 e. The predicted molar refractivity (Wildman–Crippen MR) is 227 cm³/mol. The molecule has 0 N–H and O–H groups in total. The first-order valence-electron chi connectivity index (χ1n) is 18.2. The molecule has 4 heterocycles. The van der Waals surface area contributed by atoms with Crippen LogP contribution < -0.4 is 20.6 Å². The summed E-state index contributed by atoms with van der Waals surface area (Å²) in [6.45, 7) is -0.0295.